The van der Waals surface area contributed by atoms with E-state index in [9.17, 15) is 8.42 Å². The maximum absolute atomic E-state index is 12.1. The van der Waals surface area contributed by atoms with E-state index in [-0.39, 0.29) is 6.04 Å². The normalized spacial score (nSPS) is 17.1. The Kier molecular flexibility index (Phi) is 3.56. The van der Waals surface area contributed by atoms with Crippen molar-refractivity contribution in [1.82, 2.24) is 14.6 Å². The molecule has 0 saturated heterocycles. The molecule has 2 rings (SSSR count). The van der Waals surface area contributed by atoms with Crippen LogP contribution < -0.4 is 10.0 Å². The average molecular weight is 257 g/mol. The van der Waals surface area contributed by atoms with E-state index in [0.29, 0.717) is 11.4 Å². The molecule has 1 heterocycles. The van der Waals surface area contributed by atoms with Gasteiger partial charge in [-0.3, -0.25) is 0 Å². The zero-order chi connectivity index (χ0) is 12.5. The number of aromatic nitrogens is 1. The zero-order valence-electron chi connectivity index (χ0n) is 10.2. The van der Waals surface area contributed by atoms with Crippen LogP contribution >= 0.6 is 0 Å². The van der Waals surface area contributed by atoms with Gasteiger partial charge in [-0.2, -0.15) is 0 Å². The fourth-order valence-electron chi connectivity index (χ4n) is 1.89. The van der Waals surface area contributed by atoms with Crippen molar-refractivity contribution in [3.63, 3.8) is 0 Å². The first-order chi connectivity index (χ1) is 8.03. The van der Waals surface area contributed by atoms with Crippen molar-refractivity contribution >= 4 is 10.0 Å². The third kappa shape index (κ3) is 2.70. The van der Waals surface area contributed by atoms with E-state index >= 15 is 0 Å². The maximum Gasteiger partial charge on any atom is 0.242 e. The Morgan fingerprint density at radius 1 is 1.47 bits per heavy atom. The lowest BCUT2D eigenvalue weighted by Gasteiger charge is -2.25. The SMILES string of the molecule is CNCc1cc(S(=O)(=O)NC2CCC2)cn1C. The van der Waals surface area contributed by atoms with Gasteiger partial charge >= 0.3 is 0 Å². The predicted octanol–water partition coefficient (Wildman–Crippen LogP) is 0.575. The van der Waals surface area contributed by atoms with Gasteiger partial charge in [0.25, 0.3) is 0 Å². The van der Waals surface area contributed by atoms with E-state index in [1.807, 2.05) is 18.7 Å². The molecule has 1 aliphatic carbocycles. The van der Waals surface area contributed by atoms with Gasteiger partial charge in [-0.1, -0.05) is 6.42 Å². The third-order valence-corrected chi connectivity index (χ3v) is 4.67. The molecule has 0 spiro atoms. The van der Waals surface area contributed by atoms with Crippen molar-refractivity contribution in [2.45, 2.75) is 36.7 Å². The van der Waals surface area contributed by atoms with Crippen LogP contribution in [0.3, 0.4) is 0 Å². The molecule has 2 N–H and O–H groups in total. The van der Waals surface area contributed by atoms with Crippen molar-refractivity contribution < 1.29 is 8.42 Å². The van der Waals surface area contributed by atoms with Gasteiger partial charge in [0.1, 0.15) is 0 Å². The minimum absolute atomic E-state index is 0.132. The highest BCUT2D eigenvalue weighted by Crippen LogP contribution is 2.21. The van der Waals surface area contributed by atoms with Gasteiger partial charge in [0.2, 0.25) is 10.0 Å². The van der Waals surface area contributed by atoms with Gasteiger partial charge in [0, 0.05) is 31.5 Å². The molecule has 17 heavy (non-hydrogen) atoms. The molecular formula is C11H19N3O2S. The molecule has 1 saturated carbocycles. The summed E-state index contributed by atoms with van der Waals surface area (Å²) in [5.74, 6) is 0. The summed E-state index contributed by atoms with van der Waals surface area (Å²) in [4.78, 5) is 0.358. The topological polar surface area (TPSA) is 63.1 Å². The first-order valence-electron chi connectivity index (χ1n) is 5.85. The summed E-state index contributed by atoms with van der Waals surface area (Å²) in [6.07, 6.45) is 4.69. The maximum atomic E-state index is 12.1. The third-order valence-electron chi connectivity index (χ3n) is 3.18. The highest BCUT2D eigenvalue weighted by atomic mass is 32.2. The molecule has 1 fully saturated rings. The molecule has 0 atom stereocenters. The van der Waals surface area contributed by atoms with Crippen molar-refractivity contribution in [3.8, 4) is 0 Å². The number of hydrogen-bond donors (Lipinski definition) is 2. The summed E-state index contributed by atoms with van der Waals surface area (Å²) in [6, 6.07) is 1.85. The molecule has 0 unspecified atom stereocenters. The largest absolute Gasteiger partial charge is 0.352 e. The smallest absolute Gasteiger partial charge is 0.242 e. The fourth-order valence-corrected chi connectivity index (χ4v) is 3.29. The van der Waals surface area contributed by atoms with Crippen molar-refractivity contribution in [1.29, 1.82) is 0 Å². The van der Waals surface area contributed by atoms with Crippen molar-refractivity contribution in [2.24, 2.45) is 7.05 Å². The Morgan fingerprint density at radius 2 is 2.18 bits per heavy atom. The van der Waals surface area contributed by atoms with E-state index in [4.69, 9.17) is 0 Å². The number of rotatable bonds is 5. The monoisotopic (exact) mass is 257 g/mol. The number of aryl methyl sites for hydroxylation is 1. The molecule has 6 heteroatoms. The lowest BCUT2D eigenvalue weighted by atomic mass is 9.94. The van der Waals surface area contributed by atoms with Crippen LogP contribution in [0.5, 0.6) is 0 Å². The second kappa shape index (κ2) is 4.80. The van der Waals surface area contributed by atoms with Crippen molar-refractivity contribution in [3.05, 3.63) is 18.0 Å². The highest BCUT2D eigenvalue weighted by molar-refractivity contribution is 7.89. The zero-order valence-corrected chi connectivity index (χ0v) is 11.0. The van der Waals surface area contributed by atoms with Gasteiger partial charge in [-0.15, -0.1) is 0 Å². The molecule has 1 aromatic rings. The molecule has 0 aromatic carbocycles. The number of hydrogen-bond acceptors (Lipinski definition) is 3. The Bertz CT molecular complexity index is 489. The minimum atomic E-state index is -3.34. The molecule has 1 aromatic heterocycles. The van der Waals surface area contributed by atoms with Crippen LogP contribution in [-0.4, -0.2) is 26.1 Å². The van der Waals surface area contributed by atoms with Gasteiger partial charge < -0.3 is 9.88 Å². The van der Waals surface area contributed by atoms with E-state index < -0.39 is 10.0 Å². The summed E-state index contributed by atoms with van der Waals surface area (Å²) in [6.45, 7) is 0.662. The summed E-state index contributed by atoms with van der Waals surface area (Å²) in [7, 11) is 0.358. The van der Waals surface area contributed by atoms with Crippen LogP contribution in [0.4, 0.5) is 0 Å². The van der Waals surface area contributed by atoms with E-state index in [1.165, 1.54) is 0 Å². The number of sulfonamides is 1. The van der Waals surface area contributed by atoms with E-state index in [1.54, 1.807) is 12.3 Å². The molecule has 1 aliphatic rings. The van der Waals surface area contributed by atoms with Crippen LogP contribution in [0.1, 0.15) is 25.0 Å². The van der Waals surface area contributed by atoms with Crippen molar-refractivity contribution in [2.75, 3.05) is 7.05 Å². The van der Waals surface area contributed by atoms with Gasteiger partial charge in [-0.05, 0) is 26.0 Å². The quantitative estimate of drug-likeness (QED) is 0.811. The Morgan fingerprint density at radius 3 is 2.71 bits per heavy atom. The molecule has 0 bridgehead atoms. The first kappa shape index (κ1) is 12.6. The number of nitrogens with one attached hydrogen (secondary N) is 2. The van der Waals surface area contributed by atoms with Crippen LogP contribution in [0, 0.1) is 0 Å². The van der Waals surface area contributed by atoms with Crippen LogP contribution in [-0.2, 0) is 23.6 Å². The minimum Gasteiger partial charge on any atom is -0.352 e. The Hall–Kier alpha value is -0.850. The summed E-state index contributed by atoms with van der Waals surface area (Å²) in [5, 5.41) is 3.02. The second-order valence-corrected chi connectivity index (χ2v) is 6.27. The predicted molar refractivity (Wildman–Crippen MR) is 66.1 cm³/mol. The Balaban J connectivity index is 2.17. The fraction of sp³-hybridized carbons (Fsp3) is 0.636. The number of nitrogens with zero attached hydrogens (tertiary/aromatic N) is 1. The second-order valence-electron chi connectivity index (χ2n) is 4.56. The van der Waals surface area contributed by atoms with Crippen LogP contribution in [0.2, 0.25) is 0 Å². The summed E-state index contributed by atoms with van der Waals surface area (Å²) < 4.78 is 28.7. The first-order valence-corrected chi connectivity index (χ1v) is 7.33. The summed E-state index contributed by atoms with van der Waals surface area (Å²) >= 11 is 0. The van der Waals surface area contributed by atoms with E-state index in [0.717, 1.165) is 25.0 Å². The Labute approximate surface area is 102 Å². The highest BCUT2D eigenvalue weighted by Gasteiger charge is 2.25. The molecular weight excluding hydrogens is 238 g/mol. The van der Waals surface area contributed by atoms with Gasteiger partial charge in [0.05, 0.1) is 4.90 Å². The van der Waals surface area contributed by atoms with Gasteiger partial charge in [-0.25, -0.2) is 13.1 Å². The lowest BCUT2D eigenvalue weighted by Crippen LogP contribution is -2.39. The molecule has 0 aliphatic heterocycles. The van der Waals surface area contributed by atoms with E-state index in [2.05, 4.69) is 10.0 Å². The lowest BCUT2D eigenvalue weighted by molar-refractivity contribution is 0.383. The molecule has 0 radical (unpaired) electrons. The summed E-state index contributed by atoms with van der Waals surface area (Å²) in [5.41, 5.74) is 0.960. The van der Waals surface area contributed by atoms with Gasteiger partial charge in [0.15, 0.2) is 0 Å². The standard InChI is InChI=1S/C11H19N3O2S/c1-12-7-10-6-11(8-14(10)2)17(15,16)13-9-4-3-5-9/h6,8-9,12-13H,3-5,7H2,1-2H3. The molecule has 0 amide bonds. The average Bonchev–Trinajstić information content (AvgIpc) is 2.56. The van der Waals surface area contributed by atoms with Crippen LogP contribution in [0.25, 0.3) is 0 Å². The molecule has 5 nitrogen and oxygen atoms in total. The van der Waals surface area contributed by atoms with Crippen LogP contribution in [0.15, 0.2) is 17.2 Å². The molecule has 96 valence electrons.